The van der Waals surface area contributed by atoms with Gasteiger partial charge >= 0.3 is 0 Å². The van der Waals surface area contributed by atoms with Crippen molar-refractivity contribution in [2.45, 2.75) is 32.7 Å². The van der Waals surface area contributed by atoms with Gasteiger partial charge in [0.05, 0.1) is 7.11 Å². The summed E-state index contributed by atoms with van der Waals surface area (Å²) in [6.07, 6.45) is 5.62. The molecule has 4 heteroatoms. The molecule has 1 heterocycles. The lowest BCUT2D eigenvalue weighted by atomic mass is 10.0. The number of ether oxygens (including phenoxy) is 1. The second kappa shape index (κ2) is 8.16. The largest absolute Gasteiger partial charge is 0.496 e. The molecule has 0 spiro atoms. The van der Waals surface area contributed by atoms with Crippen molar-refractivity contribution in [2.75, 3.05) is 33.8 Å². The molecule has 1 aromatic carbocycles. The number of carbonyl (C=O) groups is 1. The molecule has 0 N–H and O–H groups in total. The zero-order valence-electron chi connectivity index (χ0n) is 14.7. The van der Waals surface area contributed by atoms with Crippen LogP contribution in [0.15, 0.2) is 24.3 Å². The quantitative estimate of drug-likeness (QED) is 0.783. The first-order chi connectivity index (χ1) is 11.0. The minimum atomic E-state index is 0.0588. The Bertz CT molecular complexity index is 560. The standard InChI is InChI=1S/C19H28N2O2/c1-5-21-12-10-17(11-13-21)20(3)19(22)9-7-16-14-15(2)6-8-18(16)23-4/h6-9,14,17H,5,10-13H2,1-4H3/b9-7+. The summed E-state index contributed by atoms with van der Waals surface area (Å²) in [7, 11) is 3.56. The fraction of sp³-hybridized carbons (Fsp3) is 0.526. The van der Waals surface area contributed by atoms with E-state index < -0.39 is 0 Å². The summed E-state index contributed by atoms with van der Waals surface area (Å²) in [5.74, 6) is 0.849. The second-order valence-corrected chi connectivity index (χ2v) is 6.19. The highest BCUT2D eigenvalue weighted by Crippen LogP contribution is 2.21. The summed E-state index contributed by atoms with van der Waals surface area (Å²) in [4.78, 5) is 16.7. The summed E-state index contributed by atoms with van der Waals surface area (Å²) in [5.41, 5.74) is 2.09. The first-order valence-corrected chi connectivity index (χ1v) is 8.37. The average Bonchev–Trinajstić information content (AvgIpc) is 2.59. The van der Waals surface area contributed by atoms with Crippen LogP contribution in [0.4, 0.5) is 0 Å². The van der Waals surface area contributed by atoms with Crippen molar-refractivity contribution in [3.8, 4) is 5.75 Å². The third-order valence-corrected chi connectivity index (χ3v) is 4.69. The van der Waals surface area contributed by atoms with Crippen LogP contribution in [0.1, 0.15) is 30.9 Å². The zero-order chi connectivity index (χ0) is 16.8. The molecule has 23 heavy (non-hydrogen) atoms. The molecule has 1 aliphatic heterocycles. The number of rotatable bonds is 5. The Morgan fingerprint density at radius 3 is 2.70 bits per heavy atom. The van der Waals surface area contributed by atoms with E-state index in [4.69, 9.17) is 4.74 Å². The zero-order valence-corrected chi connectivity index (χ0v) is 14.7. The molecule has 0 unspecified atom stereocenters. The van der Waals surface area contributed by atoms with Crippen LogP contribution < -0.4 is 4.74 Å². The molecule has 0 radical (unpaired) electrons. The number of methoxy groups -OCH3 is 1. The first kappa shape index (κ1) is 17.5. The van der Waals surface area contributed by atoms with Gasteiger partial charge in [0.25, 0.3) is 0 Å². The predicted molar refractivity (Wildman–Crippen MR) is 94.7 cm³/mol. The van der Waals surface area contributed by atoms with Gasteiger partial charge in [-0.1, -0.05) is 18.6 Å². The molecule has 0 aliphatic carbocycles. The van der Waals surface area contributed by atoms with Gasteiger partial charge in [-0.25, -0.2) is 0 Å². The Morgan fingerprint density at radius 2 is 2.09 bits per heavy atom. The van der Waals surface area contributed by atoms with E-state index in [2.05, 4.69) is 11.8 Å². The summed E-state index contributed by atoms with van der Waals surface area (Å²) in [5, 5.41) is 0. The average molecular weight is 316 g/mol. The molecule has 1 fully saturated rings. The highest BCUT2D eigenvalue weighted by molar-refractivity contribution is 5.92. The van der Waals surface area contributed by atoms with Crippen molar-refractivity contribution in [3.63, 3.8) is 0 Å². The van der Waals surface area contributed by atoms with Gasteiger partial charge in [0.15, 0.2) is 0 Å². The number of nitrogens with zero attached hydrogens (tertiary/aromatic N) is 2. The maximum absolute atomic E-state index is 12.4. The van der Waals surface area contributed by atoms with E-state index in [1.54, 1.807) is 13.2 Å². The van der Waals surface area contributed by atoms with Crippen molar-refractivity contribution in [2.24, 2.45) is 0 Å². The molecule has 4 nitrogen and oxygen atoms in total. The molecule has 126 valence electrons. The Labute approximate surface area is 139 Å². The van der Waals surface area contributed by atoms with Crippen LogP contribution in [-0.4, -0.2) is 55.5 Å². The number of benzene rings is 1. The molecule has 1 aliphatic rings. The van der Waals surface area contributed by atoms with Crippen LogP contribution in [-0.2, 0) is 4.79 Å². The number of carbonyl (C=O) groups excluding carboxylic acids is 1. The number of hydrogen-bond acceptors (Lipinski definition) is 3. The normalized spacial score (nSPS) is 16.7. The molecule has 1 amide bonds. The van der Waals surface area contributed by atoms with Crippen molar-refractivity contribution in [1.29, 1.82) is 0 Å². The van der Waals surface area contributed by atoms with Crippen LogP contribution >= 0.6 is 0 Å². The lowest BCUT2D eigenvalue weighted by Crippen LogP contribution is -2.45. The van der Waals surface area contributed by atoms with Crippen LogP contribution in [0.5, 0.6) is 5.75 Å². The minimum absolute atomic E-state index is 0.0588. The predicted octanol–water partition coefficient (Wildman–Crippen LogP) is 2.96. The van der Waals surface area contributed by atoms with E-state index in [0.29, 0.717) is 6.04 Å². The van der Waals surface area contributed by atoms with Gasteiger partial charge in [-0.2, -0.15) is 0 Å². The molecule has 1 aromatic rings. The lowest BCUT2D eigenvalue weighted by molar-refractivity contribution is -0.127. The molecule has 0 saturated carbocycles. The van der Waals surface area contributed by atoms with E-state index in [-0.39, 0.29) is 5.91 Å². The summed E-state index contributed by atoms with van der Waals surface area (Å²) < 4.78 is 5.35. The monoisotopic (exact) mass is 316 g/mol. The number of hydrogen-bond donors (Lipinski definition) is 0. The summed E-state index contributed by atoms with van der Waals surface area (Å²) >= 11 is 0. The maximum Gasteiger partial charge on any atom is 0.246 e. The van der Waals surface area contributed by atoms with E-state index >= 15 is 0 Å². The Hall–Kier alpha value is -1.81. The summed E-state index contributed by atoms with van der Waals surface area (Å²) in [6.45, 7) is 7.47. The van der Waals surface area contributed by atoms with Crippen molar-refractivity contribution >= 4 is 12.0 Å². The van der Waals surface area contributed by atoms with Gasteiger partial charge in [0.2, 0.25) is 5.91 Å². The highest BCUT2D eigenvalue weighted by Gasteiger charge is 2.23. The Morgan fingerprint density at radius 1 is 1.39 bits per heavy atom. The van der Waals surface area contributed by atoms with Crippen LogP contribution in [0.3, 0.4) is 0 Å². The van der Waals surface area contributed by atoms with Crippen molar-refractivity contribution in [1.82, 2.24) is 9.80 Å². The molecule has 1 saturated heterocycles. The highest BCUT2D eigenvalue weighted by atomic mass is 16.5. The fourth-order valence-electron chi connectivity index (χ4n) is 3.07. The lowest BCUT2D eigenvalue weighted by Gasteiger charge is -2.35. The van der Waals surface area contributed by atoms with Crippen molar-refractivity contribution < 1.29 is 9.53 Å². The topological polar surface area (TPSA) is 32.8 Å². The van der Waals surface area contributed by atoms with Gasteiger partial charge in [0, 0.05) is 37.8 Å². The SMILES string of the molecule is CCN1CCC(N(C)C(=O)/C=C/c2cc(C)ccc2OC)CC1. The maximum atomic E-state index is 12.4. The number of amides is 1. The fourth-order valence-corrected chi connectivity index (χ4v) is 3.07. The number of likely N-dealkylation sites (N-methyl/N-ethyl adjacent to an activating group) is 1. The van der Waals surface area contributed by atoms with Gasteiger partial charge in [-0.15, -0.1) is 0 Å². The third-order valence-electron chi connectivity index (χ3n) is 4.69. The molecule has 0 aromatic heterocycles. The number of piperidine rings is 1. The molecule has 0 atom stereocenters. The molecule has 2 rings (SSSR count). The van der Waals surface area contributed by atoms with Crippen LogP contribution in [0.25, 0.3) is 6.08 Å². The smallest absolute Gasteiger partial charge is 0.246 e. The Kier molecular flexibility index (Phi) is 6.22. The van der Waals surface area contributed by atoms with E-state index in [0.717, 1.165) is 49.4 Å². The number of aryl methyl sites for hydroxylation is 1. The van der Waals surface area contributed by atoms with Crippen molar-refractivity contribution in [3.05, 3.63) is 35.4 Å². The van der Waals surface area contributed by atoms with Gasteiger partial charge in [-0.3, -0.25) is 4.79 Å². The first-order valence-electron chi connectivity index (χ1n) is 8.37. The minimum Gasteiger partial charge on any atom is -0.496 e. The van der Waals surface area contributed by atoms with E-state index in [1.807, 2.05) is 43.1 Å². The second-order valence-electron chi connectivity index (χ2n) is 6.19. The molecular formula is C19H28N2O2. The Balaban J connectivity index is 2.00. The van der Waals surface area contributed by atoms with E-state index in [1.165, 1.54) is 0 Å². The molecule has 0 bridgehead atoms. The van der Waals surface area contributed by atoms with Gasteiger partial charge in [-0.05, 0) is 44.5 Å². The third kappa shape index (κ3) is 4.58. The van der Waals surface area contributed by atoms with E-state index in [9.17, 15) is 4.79 Å². The number of likely N-dealkylation sites (tertiary alicyclic amines) is 1. The van der Waals surface area contributed by atoms with Gasteiger partial charge in [0.1, 0.15) is 5.75 Å². The van der Waals surface area contributed by atoms with Crippen LogP contribution in [0.2, 0.25) is 0 Å². The van der Waals surface area contributed by atoms with Crippen LogP contribution in [0, 0.1) is 6.92 Å². The summed E-state index contributed by atoms with van der Waals surface area (Å²) in [6, 6.07) is 6.31. The van der Waals surface area contributed by atoms with Gasteiger partial charge < -0.3 is 14.5 Å². The molecular weight excluding hydrogens is 288 g/mol.